The van der Waals surface area contributed by atoms with Crippen molar-refractivity contribution in [1.29, 1.82) is 5.26 Å². The van der Waals surface area contributed by atoms with E-state index in [-0.39, 0.29) is 0 Å². The summed E-state index contributed by atoms with van der Waals surface area (Å²) < 4.78 is 6.83. The zero-order valence-corrected chi connectivity index (χ0v) is 14.0. The molecule has 0 spiro atoms. The summed E-state index contributed by atoms with van der Waals surface area (Å²) in [6.07, 6.45) is 0.820. The zero-order valence-electron chi connectivity index (χ0n) is 14.0. The third-order valence-electron chi connectivity index (χ3n) is 3.82. The fourth-order valence-corrected chi connectivity index (χ4v) is 2.52. The molecule has 0 saturated carbocycles. The molecular weight excluding hydrogens is 314 g/mol. The molecule has 0 bridgehead atoms. The minimum Gasteiger partial charge on any atom is -0.444 e. The molecule has 124 valence electrons. The number of nitriles is 1. The first-order chi connectivity index (χ1) is 12.1. The highest BCUT2D eigenvalue weighted by Crippen LogP contribution is 2.27. The van der Waals surface area contributed by atoms with Gasteiger partial charge in [0.15, 0.2) is 6.10 Å². The Hall–Kier alpha value is -3.39. The van der Waals surface area contributed by atoms with Gasteiger partial charge in [-0.2, -0.15) is 10.4 Å². The molecule has 0 saturated heterocycles. The largest absolute Gasteiger partial charge is 0.444 e. The maximum absolute atomic E-state index is 12.5. The predicted molar refractivity (Wildman–Crippen MR) is 94.2 cm³/mol. The van der Waals surface area contributed by atoms with Gasteiger partial charge in [0.1, 0.15) is 17.3 Å². The van der Waals surface area contributed by atoms with Gasteiger partial charge in [-0.05, 0) is 31.5 Å². The summed E-state index contributed by atoms with van der Waals surface area (Å²) in [5.41, 5.74) is 3.57. The van der Waals surface area contributed by atoms with Crippen LogP contribution in [0, 0.1) is 18.3 Å². The normalized spacial score (nSPS) is 11.6. The Morgan fingerprint density at radius 2 is 1.84 bits per heavy atom. The Labute approximate surface area is 146 Å². The van der Waals surface area contributed by atoms with Crippen LogP contribution in [0.4, 0.5) is 0 Å². The number of para-hydroxylation sites is 1. The van der Waals surface area contributed by atoms with Crippen molar-refractivity contribution >= 4 is 5.97 Å². The molecule has 1 heterocycles. The van der Waals surface area contributed by atoms with E-state index in [0.717, 1.165) is 16.8 Å². The number of rotatable bonds is 4. The molecule has 3 rings (SSSR count). The third-order valence-corrected chi connectivity index (χ3v) is 3.82. The number of hydrogen-bond donors (Lipinski definition) is 0. The molecule has 25 heavy (non-hydrogen) atoms. The second kappa shape index (κ2) is 7.02. The summed E-state index contributed by atoms with van der Waals surface area (Å²) in [4.78, 5) is 12.5. The van der Waals surface area contributed by atoms with Crippen LogP contribution in [0.1, 0.15) is 22.8 Å². The quantitative estimate of drug-likeness (QED) is 0.680. The molecule has 1 aromatic heterocycles. The predicted octanol–water partition coefficient (Wildman–Crippen LogP) is 3.92. The lowest BCUT2D eigenvalue weighted by atomic mass is 10.0. The number of benzene rings is 2. The van der Waals surface area contributed by atoms with E-state index in [9.17, 15) is 4.79 Å². The SMILES string of the molecule is Cc1ccccc1-c1nn(-c2ccccc2)cc1C(=O)O[C@H](C)C#N. The Morgan fingerprint density at radius 1 is 1.16 bits per heavy atom. The van der Waals surface area contributed by atoms with E-state index in [4.69, 9.17) is 10.00 Å². The lowest BCUT2D eigenvalue weighted by Gasteiger charge is -2.07. The molecule has 0 unspecified atom stereocenters. The molecule has 0 aliphatic carbocycles. The summed E-state index contributed by atoms with van der Waals surface area (Å²) >= 11 is 0. The summed E-state index contributed by atoms with van der Waals surface area (Å²) in [6.45, 7) is 3.50. The van der Waals surface area contributed by atoms with E-state index >= 15 is 0 Å². The molecule has 5 nitrogen and oxygen atoms in total. The Morgan fingerprint density at radius 3 is 2.52 bits per heavy atom. The zero-order chi connectivity index (χ0) is 17.8. The smallest absolute Gasteiger partial charge is 0.343 e. The van der Waals surface area contributed by atoms with Gasteiger partial charge in [0, 0.05) is 11.8 Å². The lowest BCUT2D eigenvalue weighted by molar-refractivity contribution is 0.0436. The van der Waals surface area contributed by atoms with Crippen LogP contribution in [0.5, 0.6) is 0 Å². The number of ether oxygens (including phenoxy) is 1. The first-order valence-corrected chi connectivity index (χ1v) is 7.92. The molecule has 1 atom stereocenters. The van der Waals surface area contributed by atoms with E-state index in [1.807, 2.05) is 67.6 Å². The molecule has 0 amide bonds. The maximum atomic E-state index is 12.5. The fraction of sp³-hybridized carbons (Fsp3) is 0.150. The first kappa shape index (κ1) is 16.5. The van der Waals surface area contributed by atoms with Crippen LogP contribution in [0.2, 0.25) is 0 Å². The summed E-state index contributed by atoms with van der Waals surface area (Å²) in [6, 6.07) is 19.1. The van der Waals surface area contributed by atoms with E-state index in [1.165, 1.54) is 6.92 Å². The Kier molecular flexibility index (Phi) is 4.62. The van der Waals surface area contributed by atoms with Gasteiger partial charge in [-0.25, -0.2) is 9.48 Å². The highest BCUT2D eigenvalue weighted by Gasteiger charge is 2.22. The fourth-order valence-electron chi connectivity index (χ4n) is 2.52. The Bertz CT molecular complexity index is 939. The second-order valence-electron chi connectivity index (χ2n) is 5.66. The van der Waals surface area contributed by atoms with Crippen molar-refractivity contribution in [1.82, 2.24) is 9.78 Å². The van der Waals surface area contributed by atoms with Gasteiger partial charge in [-0.1, -0.05) is 42.5 Å². The summed E-state index contributed by atoms with van der Waals surface area (Å²) in [5.74, 6) is -0.561. The van der Waals surface area contributed by atoms with Gasteiger partial charge < -0.3 is 4.74 Å². The molecule has 3 aromatic rings. The monoisotopic (exact) mass is 331 g/mol. The van der Waals surface area contributed by atoms with Crippen molar-refractivity contribution in [2.45, 2.75) is 20.0 Å². The van der Waals surface area contributed by atoms with Gasteiger partial charge in [-0.3, -0.25) is 0 Å². The van der Waals surface area contributed by atoms with Crippen LogP contribution in [0.25, 0.3) is 16.9 Å². The van der Waals surface area contributed by atoms with E-state index in [1.54, 1.807) is 10.9 Å². The second-order valence-corrected chi connectivity index (χ2v) is 5.66. The van der Waals surface area contributed by atoms with Crippen molar-refractivity contribution < 1.29 is 9.53 Å². The third kappa shape index (κ3) is 3.43. The van der Waals surface area contributed by atoms with E-state index in [0.29, 0.717) is 11.3 Å². The van der Waals surface area contributed by atoms with Gasteiger partial charge >= 0.3 is 5.97 Å². The average Bonchev–Trinajstić information content (AvgIpc) is 3.08. The van der Waals surface area contributed by atoms with Crippen LogP contribution in [-0.4, -0.2) is 21.9 Å². The number of carbonyl (C=O) groups is 1. The summed E-state index contributed by atoms with van der Waals surface area (Å²) in [5, 5.41) is 13.5. The van der Waals surface area contributed by atoms with E-state index in [2.05, 4.69) is 5.10 Å². The highest BCUT2D eigenvalue weighted by molar-refractivity contribution is 5.96. The minimum absolute atomic E-state index is 0.334. The first-order valence-electron chi connectivity index (χ1n) is 7.92. The molecule has 0 radical (unpaired) electrons. The lowest BCUT2D eigenvalue weighted by Crippen LogP contribution is -2.13. The number of hydrogen-bond acceptors (Lipinski definition) is 4. The Balaban J connectivity index is 2.12. The number of carbonyl (C=O) groups excluding carboxylic acids is 1. The van der Waals surface area contributed by atoms with Crippen LogP contribution >= 0.6 is 0 Å². The highest BCUT2D eigenvalue weighted by atomic mass is 16.5. The molecular formula is C20H17N3O2. The van der Waals surface area contributed by atoms with E-state index < -0.39 is 12.1 Å². The maximum Gasteiger partial charge on any atom is 0.343 e. The minimum atomic E-state index is -0.822. The van der Waals surface area contributed by atoms with Crippen molar-refractivity contribution in [3.8, 4) is 23.0 Å². The van der Waals surface area contributed by atoms with Crippen LogP contribution in [0.15, 0.2) is 60.8 Å². The van der Waals surface area contributed by atoms with Crippen molar-refractivity contribution in [2.24, 2.45) is 0 Å². The van der Waals surface area contributed by atoms with Gasteiger partial charge in [0.25, 0.3) is 0 Å². The molecule has 0 aliphatic heterocycles. The number of aromatic nitrogens is 2. The van der Waals surface area contributed by atoms with Gasteiger partial charge in [0.2, 0.25) is 0 Å². The van der Waals surface area contributed by atoms with Crippen molar-refractivity contribution in [3.63, 3.8) is 0 Å². The van der Waals surface area contributed by atoms with Crippen molar-refractivity contribution in [2.75, 3.05) is 0 Å². The molecule has 5 heteroatoms. The number of aryl methyl sites for hydroxylation is 1. The van der Waals surface area contributed by atoms with Gasteiger partial charge in [-0.15, -0.1) is 0 Å². The number of nitrogens with zero attached hydrogens (tertiary/aromatic N) is 3. The van der Waals surface area contributed by atoms with Gasteiger partial charge in [0.05, 0.1) is 5.69 Å². The average molecular weight is 331 g/mol. The van der Waals surface area contributed by atoms with Crippen molar-refractivity contribution in [3.05, 3.63) is 71.9 Å². The van der Waals surface area contributed by atoms with Crippen LogP contribution < -0.4 is 0 Å². The number of esters is 1. The molecule has 0 fully saturated rings. The summed E-state index contributed by atoms with van der Waals surface area (Å²) in [7, 11) is 0. The van der Waals surface area contributed by atoms with Crippen LogP contribution in [0.3, 0.4) is 0 Å². The molecule has 0 N–H and O–H groups in total. The molecule has 0 aliphatic rings. The topological polar surface area (TPSA) is 67.9 Å². The molecule has 2 aromatic carbocycles. The standard InChI is InChI=1S/C20H17N3O2/c1-14-8-6-7-11-17(14)19-18(20(24)25-15(2)12-21)13-23(22-19)16-9-4-3-5-10-16/h3-11,13,15H,1-2H3/t15-/m1/s1. The van der Waals surface area contributed by atoms with Crippen LogP contribution in [-0.2, 0) is 4.74 Å².